The quantitative estimate of drug-likeness (QED) is 0.855. The predicted octanol–water partition coefficient (Wildman–Crippen LogP) is 4.80. The second kappa shape index (κ2) is 6.62. The van der Waals surface area contributed by atoms with Gasteiger partial charge in [-0.15, -0.1) is 0 Å². The Kier molecular flexibility index (Phi) is 4.85. The van der Waals surface area contributed by atoms with E-state index in [9.17, 15) is 4.39 Å². The van der Waals surface area contributed by atoms with Crippen LogP contribution < -0.4 is 10.1 Å². The molecular formula is C16H17ClFNO. The number of ether oxygens (including phenoxy) is 1. The van der Waals surface area contributed by atoms with Gasteiger partial charge in [-0.05, 0) is 55.3 Å². The standard InChI is InChI=1S/C16H17ClFNO/c1-3-20-16-6-11(2)4-5-15(16)19-10-12-7-13(17)9-14(18)8-12/h4-9,19H,3,10H2,1-2H3. The third-order valence-electron chi connectivity index (χ3n) is 2.84. The third-order valence-corrected chi connectivity index (χ3v) is 3.06. The van der Waals surface area contributed by atoms with E-state index in [1.165, 1.54) is 12.1 Å². The van der Waals surface area contributed by atoms with E-state index >= 15 is 0 Å². The number of anilines is 1. The minimum Gasteiger partial charge on any atom is -0.492 e. The summed E-state index contributed by atoms with van der Waals surface area (Å²) in [5.74, 6) is 0.471. The van der Waals surface area contributed by atoms with Crippen LogP contribution in [-0.2, 0) is 6.54 Å². The average Bonchev–Trinajstić information content (AvgIpc) is 2.37. The van der Waals surface area contributed by atoms with Crippen molar-refractivity contribution in [2.45, 2.75) is 20.4 Å². The summed E-state index contributed by atoms with van der Waals surface area (Å²) in [7, 11) is 0. The first kappa shape index (κ1) is 14.7. The summed E-state index contributed by atoms with van der Waals surface area (Å²) in [4.78, 5) is 0. The molecule has 0 saturated heterocycles. The summed E-state index contributed by atoms with van der Waals surface area (Å²) in [6, 6.07) is 10.4. The van der Waals surface area contributed by atoms with Crippen molar-refractivity contribution in [1.29, 1.82) is 0 Å². The van der Waals surface area contributed by atoms with Crippen LogP contribution in [0, 0.1) is 12.7 Å². The van der Waals surface area contributed by atoms with Crippen molar-refractivity contribution in [1.82, 2.24) is 0 Å². The summed E-state index contributed by atoms with van der Waals surface area (Å²) in [5, 5.41) is 3.64. The van der Waals surface area contributed by atoms with Gasteiger partial charge >= 0.3 is 0 Å². The number of benzene rings is 2. The highest BCUT2D eigenvalue weighted by Gasteiger charge is 2.05. The molecule has 0 aromatic heterocycles. The van der Waals surface area contributed by atoms with Gasteiger partial charge in [-0.2, -0.15) is 0 Å². The fourth-order valence-corrected chi connectivity index (χ4v) is 2.21. The lowest BCUT2D eigenvalue weighted by Crippen LogP contribution is -2.03. The van der Waals surface area contributed by atoms with Crippen LogP contribution in [0.4, 0.5) is 10.1 Å². The molecule has 0 amide bonds. The largest absolute Gasteiger partial charge is 0.492 e. The van der Waals surface area contributed by atoms with Gasteiger partial charge in [-0.3, -0.25) is 0 Å². The number of nitrogens with one attached hydrogen (secondary N) is 1. The molecule has 0 fully saturated rings. The molecule has 0 bridgehead atoms. The van der Waals surface area contributed by atoms with Crippen molar-refractivity contribution in [3.63, 3.8) is 0 Å². The predicted molar refractivity (Wildman–Crippen MR) is 81.1 cm³/mol. The molecular weight excluding hydrogens is 277 g/mol. The fourth-order valence-electron chi connectivity index (χ4n) is 1.96. The zero-order valence-corrected chi connectivity index (χ0v) is 12.3. The zero-order valence-electron chi connectivity index (χ0n) is 11.5. The van der Waals surface area contributed by atoms with Crippen molar-refractivity contribution < 1.29 is 9.13 Å². The monoisotopic (exact) mass is 293 g/mol. The van der Waals surface area contributed by atoms with Gasteiger partial charge in [-0.25, -0.2) is 4.39 Å². The molecule has 2 aromatic carbocycles. The normalized spacial score (nSPS) is 10.4. The maximum absolute atomic E-state index is 13.3. The van der Waals surface area contributed by atoms with E-state index in [1.54, 1.807) is 6.07 Å². The highest BCUT2D eigenvalue weighted by atomic mass is 35.5. The number of rotatable bonds is 5. The number of hydrogen-bond donors (Lipinski definition) is 1. The van der Waals surface area contributed by atoms with Crippen molar-refractivity contribution in [2.24, 2.45) is 0 Å². The minimum absolute atomic E-state index is 0.330. The highest BCUT2D eigenvalue weighted by molar-refractivity contribution is 6.30. The molecule has 106 valence electrons. The van der Waals surface area contributed by atoms with Crippen LogP contribution in [0.2, 0.25) is 5.02 Å². The van der Waals surface area contributed by atoms with Crippen LogP contribution in [0.25, 0.3) is 0 Å². The maximum atomic E-state index is 13.3. The lowest BCUT2D eigenvalue weighted by Gasteiger charge is -2.13. The van der Waals surface area contributed by atoms with E-state index in [0.29, 0.717) is 18.2 Å². The number of aryl methyl sites for hydroxylation is 1. The number of hydrogen-bond acceptors (Lipinski definition) is 2. The molecule has 20 heavy (non-hydrogen) atoms. The van der Waals surface area contributed by atoms with Gasteiger partial charge in [0.15, 0.2) is 0 Å². The minimum atomic E-state index is -0.330. The molecule has 0 radical (unpaired) electrons. The van der Waals surface area contributed by atoms with Gasteiger partial charge < -0.3 is 10.1 Å². The Bertz CT molecular complexity index is 581. The molecule has 0 saturated carbocycles. The molecule has 1 N–H and O–H groups in total. The Morgan fingerprint density at radius 3 is 2.70 bits per heavy atom. The first-order valence-corrected chi connectivity index (χ1v) is 6.88. The summed E-state index contributed by atoms with van der Waals surface area (Å²) in [6.07, 6.45) is 0. The molecule has 0 unspecified atom stereocenters. The Hall–Kier alpha value is -1.74. The second-order valence-corrected chi connectivity index (χ2v) is 5.00. The van der Waals surface area contributed by atoms with Crippen LogP contribution in [0.15, 0.2) is 36.4 Å². The lowest BCUT2D eigenvalue weighted by molar-refractivity contribution is 0.341. The summed E-state index contributed by atoms with van der Waals surface area (Å²) in [5.41, 5.74) is 2.81. The maximum Gasteiger partial charge on any atom is 0.142 e. The smallest absolute Gasteiger partial charge is 0.142 e. The van der Waals surface area contributed by atoms with Gasteiger partial charge in [-0.1, -0.05) is 17.7 Å². The second-order valence-electron chi connectivity index (χ2n) is 4.56. The van der Waals surface area contributed by atoms with Gasteiger partial charge in [0, 0.05) is 11.6 Å². The van der Waals surface area contributed by atoms with E-state index in [4.69, 9.17) is 16.3 Å². The molecule has 0 aliphatic rings. The Balaban J connectivity index is 2.13. The van der Waals surface area contributed by atoms with Crippen molar-refractivity contribution >= 4 is 17.3 Å². The zero-order chi connectivity index (χ0) is 14.5. The van der Waals surface area contributed by atoms with Crippen LogP contribution in [0.1, 0.15) is 18.1 Å². The van der Waals surface area contributed by atoms with E-state index in [1.807, 2.05) is 32.0 Å². The molecule has 0 aliphatic carbocycles. The van der Waals surface area contributed by atoms with Crippen molar-refractivity contribution in [3.05, 3.63) is 58.4 Å². The van der Waals surface area contributed by atoms with Crippen LogP contribution in [0.3, 0.4) is 0 Å². The van der Waals surface area contributed by atoms with E-state index in [0.717, 1.165) is 22.6 Å². The molecule has 2 nitrogen and oxygen atoms in total. The van der Waals surface area contributed by atoms with E-state index in [2.05, 4.69) is 5.32 Å². The van der Waals surface area contributed by atoms with Gasteiger partial charge in [0.05, 0.1) is 12.3 Å². The van der Waals surface area contributed by atoms with E-state index in [-0.39, 0.29) is 5.82 Å². The molecule has 0 atom stereocenters. The Labute approximate surface area is 123 Å². The van der Waals surface area contributed by atoms with Crippen molar-refractivity contribution in [2.75, 3.05) is 11.9 Å². The first-order chi connectivity index (χ1) is 9.58. The van der Waals surface area contributed by atoms with Crippen molar-refractivity contribution in [3.8, 4) is 5.75 Å². The lowest BCUT2D eigenvalue weighted by atomic mass is 10.2. The number of halogens is 2. The van der Waals surface area contributed by atoms with E-state index < -0.39 is 0 Å². The molecule has 0 spiro atoms. The third kappa shape index (κ3) is 3.87. The van der Waals surface area contributed by atoms with Crippen LogP contribution in [-0.4, -0.2) is 6.61 Å². The van der Waals surface area contributed by atoms with Crippen LogP contribution >= 0.6 is 11.6 Å². The summed E-state index contributed by atoms with van der Waals surface area (Å²) in [6.45, 7) is 5.04. The molecule has 2 aromatic rings. The van der Waals surface area contributed by atoms with Crippen LogP contribution in [0.5, 0.6) is 5.75 Å². The molecule has 0 aliphatic heterocycles. The molecule has 0 heterocycles. The van der Waals surface area contributed by atoms with Gasteiger partial charge in [0.1, 0.15) is 11.6 Å². The summed E-state index contributed by atoms with van der Waals surface area (Å²) >= 11 is 5.84. The SMILES string of the molecule is CCOc1cc(C)ccc1NCc1cc(F)cc(Cl)c1. The highest BCUT2D eigenvalue weighted by Crippen LogP contribution is 2.26. The first-order valence-electron chi connectivity index (χ1n) is 6.51. The van der Waals surface area contributed by atoms with Gasteiger partial charge in [0.2, 0.25) is 0 Å². The topological polar surface area (TPSA) is 21.3 Å². The molecule has 4 heteroatoms. The average molecular weight is 294 g/mol. The summed E-state index contributed by atoms with van der Waals surface area (Å²) < 4.78 is 18.9. The molecule has 2 rings (SSSR count). The fraction of sp³-hybridized carbons (Fsp3) is 0.250. The van der Waals surface area contributed by atoms with Gasteiger partial charge in [0.25, 0.3) is 0 Å². The Morgan fingerprint density at radius 2 is 2.00 bits per heavy atom. The Morgan fingerprint density at radius 1 is 1.20 bits per heavy atom.